The lowest BCUT2D eigenvalue weighted by Gasteiger charge is -2.21. The maximum Gasteiger partial charge on any atom is 0.254 e. The Kier molecular flexibility index (Phi) is 6.74. The Bertz CT molecular complexity index is 993. The molecule has 0 aliphatic carbocycles. The lowest BCUT2D eigenvalue weighted by molar-refractivity contribution is -0.132. The third kappa shape index (κ3) is 5.14. The highest BCUT2D eigenvalue weighted by atomic mass is 32.2. The van der Waals surface area contributed by atoms with Crippen LogP contribution in [0.3, 0.4) is 0 Å². The normalized spacial score (nSPS) is 11.0. The monoisotopic (exact) mass is 417 g/mol. The molecule has 0 saturated carbocycles. The van der Waals surface area contributed by atoms with Gasteiger partial charge in [0.15, 0.2) is 5.16 Å². The Morgan fingerprint density at radius 2 is 2.11 bits per heavy atom. The van der Waals surface area contributed by atoms with Gasteiger partial charge in [0.25, 0.3) is 5.56 Å². The number of aromatic nitrogens is 2. The summed E-state index contributed by atoms with van der Waals surface area (Å²) >= 11 is 3.07. The van der Waals surface area contributed by atoms with Crippen molar-refractivity contribution in [2.24, 2.45) is 0 Å². The van der Waals surface area contributed by atoms with Crippen LogP contribution in [0.2, 0.25) is 0 Å². The number of carbonyl (C=O) groups excluding carboxylic acids is 1. The number of furan rings is 1. The Balaban J connectivity index is 1.73. The maximum absolute atomic E-state index is 13.0. The van der Waals surface area contributed by atoms with Crippen LogP contribution < -0.4 is 5.56 Å². The van der Waals surface area contributed by atoms with Gasteiger partial charge in [-0.25, -0.2) is 4.98 Å². The summed E-state index contributed by atoms with van der Waals surface area (Å²) in [7, 11) is 0. The van der Waals surface area contributed by atoms with Crippen LogP contribution in [0.4, 0.5) is 0 Å². The van der Waals surface area contributed by atoms with E-state index in [-0.39, 0.29) is 17.9 Å². The van der Waals surface area contributed by atoms with Crippen molar-refractivity contribution in [3.8, 4) is 0 Å². The van der Waals surface area contributed by atoms with Crippen LogP contribution in [0, 0.1) is 13.8 Å². The molecule has 3 aromatic heterocycles. The molecule has 3 heterocycles. The zero-order chi connectivity index (χ0) is 20.1. The molecule has 0 aromatic carbocycles. The average molecular weight is 418 g/mol. The van der Waals surface area contributed by atoms with Gasteiger partial charge < -0.3 is 14.3 Å². The first-order valence-corrected chi connectivity index (χ1v) is 11.0. The van der Waals surface area contributed by atoms with E-state index >= 15 is 0 Å². The number of carbonyl (C=O) groups is 1. The third-order valence-corrected chi connectivity index (χ3v) is 5.97. The van der Waals surface area contributed by atoms with Crippen molar-refractivity contribution in [3.63, 3.8) is 0 Å². The van der Waals surface area contributed by atoms with E-state index in [0.29, 0.717) is 35.9 Å². The van der Waals surface area contributed by atoms with Crippen molar-refractivity contribution in [2.45, 2.75) is 44.9 Å². The van der Waals surface area contributed by atoms with Gasteiger partial charge in [-0.1, -0.05) is 11.8 Å². The van der Waals surface area contributed by atoms with Gasteiger partial charge in [0.05, 0.1) is 19.4 Å². The minimum Gasteiger partial charge on any atom is -0.467 e. The zero-order valence-electron chi connectivity index (χ0n) is 16.2. The van der Waals surface area contributed by atoms with Gasteiger partial charge in [0.2, 0.25) is 5.91 Å². The van der Waals surface area contributed by atoms with Crippen molar-refractivity contribution < 1.29 is 9.21 Å². The smallest absolute Gasteiger partial charge is 0.254 e. The summed E-state index contributed by atoms with van der Waals surface area (Å²) in [6.45, 7) is 4.79. The Hall–Kier alpha value is -2.32. The molecule has 28 heavy (non-hydrogen) atoms. The molecule has 148 valence electrons. The van der Waals surface area contributed by atoms with E-state index in [1.807, 2.05) is 38.3 Å². The molecule has 0 aliphatic rings. The summed E-state index contributed by atoms with van der Waals surface area (Å²) in [5.41, 5.74) is 1.07. The number of nitrogens with zero attached hydrogens (tertiary/aromatic N) is 2. The first-order chi connectivity index (χ1) is 13.5. The Morgan fingerprint density at radius 3 is 2.71 bits per heavy atom. The van der Waals surface area contributed by atoms with Gasteiger partial charge in [-0.15, -0.1) is 11.3 Å². The summed E-state index contributed by atoms with van der Waals surface area (Å²) in [6.07, 6.45) is 4.07. The first kappa shape index (κ1) is 20.4. The van der Waals surface area contributed by atoms with Crippen molar-refractivity contribution in [2.75, 3.05) is 6.26 Å². The predicted molar refractivity (Wildman–Crippen MR) is 112 cm³/mol. The maximum atomic E-state index is 13.0. The molecule has 6 nitrogen and oxygen atoms in total. The standard InChI is InChI=1S/C20H23N3O3S2/c1-13-6-7-16(28-13)12-23(11-15-5-4-10-26-15)18(24)9-8-17-14(2)21-20(27-3)22-19(17)25/h4-7,10H,8-9,11-12H2,1-3H3,(H,21,22,25). The molecule has 8 heteroatoms. The van der Waals surface area contributed by atoms with Gasteiger partial charge in [0, 0.05) is 27.4 Å². The second-order valence-electron chi connectivity index (χ2n) is 6.48. The highest BCUT2D eigenvalue weighted by molar-refractivity contribution is 7.98. The molecule has 1 amide bonds. The Morgan fingerprint density at radius 1 is 1.29 bits per heavy atom. The van der Waals surface area contributed by atoms with Gasteiger partial charge in [-0.3, -0.25) is 9.59 Å². The van der Waals surface area contributed by atoms with E-state index in [2.05, 4.69) is 16.0 Å². The van der Waals surface area contributed by atoms with E-state index in [1.165, 1.54) is 16.6 Å². The molecule has 0 radical (unpaired) electrons. The number of amides is 1. The van der Waals surface area contributed by atoms with Gasteiger partial charge in [-0.05, 0) is 50.8 Å². The van der Waals surface area contributed by atoms with Crippen LogP contribution in [0.15, 0.2) is 44.9 Å². The van der Waals surface area contributed by atoms with Crippen LogP contribution in [0.5, 0.6) is 0 Å². The molecular formula is C20H23N3O3S2. The number of H-pyrrole nitrogens is 1. The number of thioether (sulfide) groups is 1. The van der Waals surface area contributed by atoms with Crippen LogP contribution >= 0.6 is 23.1 Å². The van der Waals surface area contributed by atoms with Crippen molar-refractivity contribution >= 4 is 29.0 Å². The highest BCUT2D eigenvalue weighted by Gasteiger charge is 2.18. The minimum absolute atomic E-state index is 0.0183. The molecule has 1 N–H and O–H groups in total. The number of thiophene rings is 1. The van der Waals surface area contributed by atoms with Gasteiger partial charge >= 0.3 is 0 Å². The van der Waals surface area contributed by atoms with E-state index in [9.17, 15) is 9.59 Å². The molecule has 0 unspecified atom stereocenters. The fourth-order valence-corrected chi connectivity index (χ4v) is 4.28. The second kappa shape index (κ2) is 9.25. The fourth-order valence-electron chi connectivity index (χ4n) is 2.95. The summed E-state index contributed by atoms with van der Waals surface area (Å²) in [5.74, 6) is 0.719. The lowest BCUT2D eigenvalue weighted by atomic mass is 10.1. The topological polar surface area (TPSA) is 79.2 Å². The molecular weight excluding hydrogens is 394 g/mol. The molecule has 3 rings (SSSR count). The first-order valence-electron chi connectivity index (χ1n) is 8.95. The number of rotatable bonds is 8. The predicted octanol–water partition coefficient (Wildman–Crippen LogP) is 3.92. The SMILES string of the molecule is CSc1nc(C)c(CCC(=O)N(Cc2ccco2)Cc2ccc(C)s2)c(=O)[nH]1. The number of hydrogen-bond acceptors (Lipinski definition) is 6. The van der Waals surface area contributed by atoms with Crippen LogP contribution in [0.25, 0.3) is 0 Å². The van der Waals surface area contributed by atoms with Crippen LogP contribution in [-0.2, 0) is 24.3 Å². The summed E-state index contributed by atoms with van der Waals surface area (Å²) < 4.78 is 5.43. The van der Waals surface area contributed by atoms with E-state index < -0.39 is 0 Å². The number of hydrogen-bond donors (Lipinski definition) is 1. The lowest BCUT2D eigenvalue weighted by Crippen LogP contribution is -2.30. The number of nitrogens with one attached hydrogen (secondary N) is 1. The Labute approximate surface area is 172 Å². The van der Waals surface area contributed by atoms with Crippen molar-refractivity contribution in [1.82, 2.24) is 14.9 Å². The van der Waals surface area contributed by atoms with Crippen LogP contribution in [0.1, 0.15) is 33.2 Å². The second-order valence-corrected chi connectivity index (χ2v) is 8.65. The number of aryl methyl sites for hydroxylation is 2. The zero-order valence-corrected chi connectivity index (χ0v) is 17.8. The molecule has 0 aliphatic heterocycles. The van der Waals surface area contributed by atoms with E-state index in [0.717, 1.165) is 10.6 Å². The van der Waals surface area contributed by atoms with Crippen LogP contribution in [-0.4, -0.2) is 27.0 Å². The molecule has 0 saturated heterocycles. The number of aromatic amines is 1. The summed E-state index contributed by atoms with van der Waals surface area (Å²) in [6, 6.07) is 7.77. The molecule has 0 spiro atoms. The highest BCUT2D eigenvalue weighted by Crippen LogP contribution is 2.20. The summed E-state index contributed by atoms with van der Waals surface area (Å²) in [5, 5.41) is 0.588. The molecule has 0 bridgehead atoms. The minimum atomic E-state index is -0.170. The van der Waals surface area contributed by atoms with Crippen molar-refractivity contribution in [3.05, 3.63) is 67.7 Å². The van der Waals surface area contributed by atoms with E-state index in [1.54, 1.807) is 22.5 Å². The largest absolute Gasteiger partial charge is 0.467 e. The van der Waals surface area contributed by atoms with Gasteiger partial charge in [-0.2, -0.15) is 0 Å². The summed E-state index contributed by atoms with van der Waals surface area (Å²) in [4.78, 5) is 36.5. The molecule has 0 atom stereocenters. The molecule has 0 fully saturated rings. The fraction of sp³-hybridized carbons (Fsp3) is 0.350. The van der Waals surface area contributed by atoms with Gasteiger partial charge in [0.1, 0.15) is 5.76 Å². The quantitative estimate of drug-likeness (QED) is 0.444. The van der Waals surface area contributed by atoms with E-state index in [4.69, 9.17) is 4.42 Å². The average Bonchev–Trinajstić information content (AvgIpc) is 3.31. The molecule has 3 aromatic rings. The third-order valence-electron chi connectivity index (χ3n) is 4.40. The van der Waals surface area contributed by atoms with Crippen molar-refractivity contribution in [1.29, 1.82) is 0 Å².